The summed E-state index contributed by atoms with van der Waals surface area (Å²) < 4.78 is 24.8. The maximum absolute atomic E-state index is 13.7. The second-order valence-electron chi connectivity index (χ2n) is 6.00. The molecule has 1 aliphatic rings. The Morgan fingerprint density at radius 2 is 1.79 bits per heavy atom. The van der Waals surface area contributed by atoms with E-state index in [9.17, 15) is 14.0 Å². The monoisotopic (exact) mass is 416 g/mol. The number of halogens is 1. The molecule has 0 atom stereocenters. The van der Waals surface area contributed by atoms with Crippen LogP contribution in [0.1, 0.15) is 19.4 Å². The summed E-state index contributed by atoms with van der Waals surface area (Å²) in [4.78, 5) is 26.2. The van der Waals surface area contributed by atoms with Crippen LogP contribution in [0.5, 0.6) is 11.5 Å². The summed E-state index contributed by atoms with van der Waals surface area (Å²) >= 11 is 0.842. The zero-order valence-electron chi connectivity index (χ0n) is 16.1. The van der Waals surface area contributed by atoms with Crippen LogP contribution < -0.4 is 14.8 Å². The SMILES string of the molecule is CCOc1ccc(/C=C2/SC(=O)N(CNc3ccccc3F)C2=O)cc1OCC. The second kappa shape index (κ2) is 9.47. The van der Waals surface area contributed by atoms with E-state index in [2.05, 4.69) is 5.32 Å². The van der Waals surface area contributed by atoms with Crippen LogP contribution >= 0.6 is 11.8 Å². The number of carbonyl (C=O) groups excluding carboxylic acids is 2. The highest BCUT2D eigenvalue weighted by Gasteiger charge is 2.35. The number of anilines is 1. The molecule has 152 valence electrons. The molecule has 29 heavy (non-hydrogen) atoms. The zero-order valence-corrected chi connectivity index (χ0v) is 16.9. The largest absolute Gasteiger partial charge is 0.490 e. The number of rotatable bonds is 8. The first kappa shape index (κ1) is 20.7. The third kappa shape index (κ3) is 4.89. The number of hydrogen-bond donors (Lipinski definition) is 1. The smallest absolute Gasteiger partial charge is 0.295 e. The van der Waals surface area contributed by atoms with Gasteiger partial charge in [0.1, 0.15) is 5.82 Å². The summed E-state index contributed by atoms with van der Waals surface area (Å²) in [5.74, 6) is 0.306. The average Bonchev–Trinajstić information content (AvgIpc) is 2.96. The molecule has 0 unspecified atom stereocenters. The highest BCUT2D eigenvalue weighted by Crippen LogP contribution is 2.34. The van der Waals surface area contributed by atoms with Crippen molar-refractivity contribution < 1.29 is 23.5 Å². The van der Waals surface area contributed by atoms with Crippen LogP contribution in [0.25, 0.3) is 6.08 Å². The average molecular weight is 416 g/mol. The number of nitrogens with one attached hydrogen (secondary N) is 1. The summed E-state index contributed by atoms with van der Waals surface area (Å²) in [7, 11) is 0. The van der Waals surface area contributed by atoms with Crippen LogP contribution in [0.15, 0.2) is 47.4 Å². The van der Waals surface area contributed by atoms with Gasteiger partial charge in [-0.2, -0.15) is 0 Å². The molecule has 2 aromatic carbocycles. The van der Waals surface area contributed by atoms with Crippen molar-refractivity contribution in [1.82, 2.24) is 4.90 Å². The van der Waals surface area contributed by atoms with Gasteiger partial charge < -0.3 is 14.8 Å². The highest BCUT2D eigenvalue weighted by atomic mass is 32.2. The van der Waals surface area contributed by atoms with E-state index in [1.165, 1.54) is 6.07 Å². The van der Waals surface area contributed by atoms with Crippen LogP contribution in [0.2, 0.25) is 0 Å². The minimum Gasteiger partial charge on any atom is -0.490 e. The molecule has 0 saturated carbocycles. The van der Waals surface area contributed by atoms with Gasteiger partial charge in [0.05, 0.1) is 30.5 Å². The predicted molar refractivity (Wildman–Crippen MR) is 111 cm³/mol. The Bertz CT molecular complexity index is 948. The van der Waals surface area contributed by atoms with Gasteiger partial charge in [-0.25, -0.2) is 4.39 Å². The molecule has 8 heteroatoms. The number of carbonyl (C=O) groups is 2. The second-order valence-corrected chi connectivity index (χ2v) is 6.99. The molecule has 2 amide bonds. The fraction of sp³-hybridized carbons (Fsp3) is 0.238. The van der Waals surface area contributed by atoms with E-state index in [0.717, 1.165) is 16.7 Å². The minimum atomic E-state index is -0.451. The molecular formula is C21H21FN2O4S. The first-order valence-corrected chi connectivity index (χ1v) is 9.98. The number of amides is 2. The molecule has 1 heterocycles. The van der Waals surface area contributed by atoms with E-state index >= 15 is 0 Å². The molecule has 0 aliphatic carbocycles. The predicted octanol–water partition coefficient (Wildman–Crippen LogP) is 4.73. The van der Waals surface area contributed by atoms with E-state index < -0.39 is 17.0 Å². The Hall–Kier alpha value is -3.00. The van der Waals surface area contributed by atoms with Crippen molar-refractivity contribution in [3.63, 3.8) is 0 Å². The molecule has 1 aliphatic heterocycles. The Morgan fingerprint density at radius 1 is 1.07 bits per heavy atom. The molecule has 6 nitrogen and oxygen atoms in total. The molecule has 0 spiro atoms. The summed E-state index contributed by atoms with van der Waals surface area (Å²) in [6.45, 7) is 4.62. The van der Waals surface area contributed by atoms with Gasteiger partial charge in [0.2, 0.25) is 0 Å². The lowest BCUT2D eigenvalue weighted by Gasteiger charge is -2.14. The van der Waals surface area contributed by atoms with Crippen LogP contribution in [-0.4, -0.2) is 35.9 Å². The fourth-order valence-corrected chi connectivity index (χ4v) is 3.55. The van der Waals surface area contributed by atoms with Crippen LogP contribution in [0.4, 0.5) is 14.9 Å². The third-order valence-electron chi connectivity index (χ3n) is 4.04. The van der Waals surface area contributed by atoms with Crippen molar-refractivity contribution in [3.05, 3.63) is 58.8 Å². The van der Waals surface area contributed by atoms with Crippen LogP contribution in [0.3, 0.4) is 0 Å². The van der Waals surface area contributed by atoms with Crippen LogP contribution in [-0.2, 0) is 4.79 Å². The van der Waals surface area contributed by atoms with Gasteiger partial charge in [-0.3, -0.25) is 14.5 Å². The van der Waals surface area contributed by atoms with Crippen molar-refractivity contribution >= 4 is 34.7 Å². The maximum atomic E-state index is 13.7. The summed E-state index contributed by atoms with van der Waals surface area (Å²) in [6, 6.07) is 11.4. The third-order valence-corrected chi connectivity index (χ3v) is 4.95. The lowest BCUT2D eigenvalue weighted by atomic mass is 10.2. The van der Waals surface area contributed by atoms with E-state index in [4.69, 9.17) is 9.47 Å². The van der Waals surface area contributed by atoms with Gasteiger partial charge in [0, 0.05) is 0 Å². The van der Waals surface area contributed by atoms with E-state index in [1.807, 2.05) is 13.8 Å². The Balaban J connectivity index is 1.75. The number of nitrogens with zero attached hydrogens (tertiary/aromatic N) is 1. The molecule has 0 bridgehead atoms. The van der Waals surface area contributed by atoms with Gasteiger partial charge in [0.15, 0.2) is 11.5 Å². The fourth-order valence-electron chi connectivity index (χ4n) is 2.71. The lowest BCUT2D eigenvalue weighted by Crippen LogP contribution is -2.33. The van der Waals surface area contributed by atoms with Gasteiger partial charge in [-0.1, -0.05) is 18.2 Å². The van der Waals surface area contributed by atoms with Gasteiger partial charge >= 0.3 is 0 Å². The van der Waals surface area contributed by atoms with Gasteiger partial charge in [-0.05, 0) is 61.5 Å². The number of thioether (sulfide) groups is 1. The van der Waals surface area contributed by atoms with Crippen molar-refractivity contribution in [2.24, 2.45) is 0 Å². The highest BCUT2D eigenvalue weighted by molar-refractivity contribution is 8.18. The van der Waals surface area contributed by atoms with Crippen molar-refractivity contribution in [3.8, 4) is 11.5 Å². The van der Waals surface area contributed by atoms with Crippen molar-refractivity contribution in [2.75, 3.05) is 25.2 Å². The van der Waals surface area contributed by atoms with E-state index in [-0.39, 0.29) is 17.3 Å². The van der Waals surface area contributed by atoms with E-state index in [1.54, 1.807) is 42.5 Å². The molecule has 0 radical (unpaired) electrons. The molecule has 1 saturated heterocycles. The lowest BCUT2D eigenvalue weighted by molar-refractivity contribution is -0.122. The standard InChI is InChI=1S/C21H21FN2O4S/c1-3-27-17-10-9-14(11-18(17)28-4-2)12-19-20(25)24(21(26)29-19)13-23-16-8-6-5-7-15(16)22/h5-12,23H,3-4,13H2,1-2H3/b19-12+. The van der Waals surface area contributed by atoms with Gasteiger partial charge in [0.25, 0.3) is 11.1 Å². The molecular weight excluding hydrogens is 395 g/mol. The Labute approximate surface area is 172 Å². The molecule has 2 aromatic rings. The Morgan fingerprint density at radius 3 is 2.52 bits per heavy atom. The summed E-state index contributed by atoms with van der Waals surface area (Å²) in [5.41, 5.74) is 0.938. The first-order chi connectivity index (χ1) is 14.0. The Kier molecular flexibility index (Phi) is 6.77. The normalized spacial score (nSPS) is 15.1. The zero-order chi connectivity index (χ0) is 20.8. The number of imide groups is 1. The van der Waals surface area contributed by atoms with Gasteiger partial charge in [-0.15, -0.1) is 0 Å². The molecule has 0 aromatic heterocycles. The van der Waals surface area contributed by atoms with Crippen molar-refractivity contribution in [1.29, 1.82) is 0 Å². The molecule has 3 rings (SSSR count). The first-order valence-electron chi connectivity index (χ1n) is 9.17. The number of ether oxygens (including phenoxy) is 2. The topological polar surface area (TPSA) is 67.9 Å². The molecule has 1 N–H and O–H groups in total. The number of hydrogen-bond acceptors (Lipinski definition) is 6. The summed E-state index contributed by atoms with van der Waals surface area (Å²) in [6.07, 6.45) is 1.63. The van der Waals surface area contributed by atoms with E-state index in [0.29, 0.717) is 30.3 Å². The summed E-state index contributed by atoms with van der Waals surface area (Å²) in [5, 5.41) is 2.36. The number of benzene rings is 2. The van der Waals surface area contributed by atoms with Crippen molar-refractivity contribution in [2.45, 2.75) is 13.8 Å². The quantitative estimate of drug-likeness (QED) is 0.628. The minimum absolute atomic E-state index is 0.115. The van der Waals surface area contributed by atoms with Crippen LogP contribution in [0, 0.1) is 5.82 Å². The molecule has 1 fully saturated rings. The maximum Gasteiger partial charge on any atom is 0.295 e. The number of para-hydroxylation sites is 1.